The topological polar surface area (TPSA) is 60.5 Å². The van der Waals surface area contributed by atoms with Crippen LogP contribution in [0.2, 0.25) is 0 Å². The van der Waals surface area contributed by atoms with Crippen LogP contribution < -0.4 is 11.3 Å². The molecule has 2 N–H and O–H groups in total. The second kappa shape index (κ2) is 8.19. The van der Waals surface area contributed by atoms with Gasteiger partial charge in [0.1, 0.15) is 0 Å². The van der Waals surface area contributed by atoms with E-state index in [0.717, 1.165) is 52.0 Å². The molecule has 0 atom stereocenters. The van der Waals surface area contributed by atoms with Crippen molar-refractivity contribution in [2.24, 2.45) is 5.73 Å². The Bertz CT molecular complexity index is 439. The Morgan fingerprint density at radius 2 is 2.05 bits per heavy atom. The first-order valence-electron chi connectivity index (χ1n) is 7.49. The second-order valence-electron chi connectivity index (χ2n) is 5.29. The Kier molecular flexibility index (Phi) is 6.24. The number of likely N-dealkylation sites (tertiary alicyclic amines) is 1. The van der Waals surface area contributed by atoms with E-state index in [2.05, 4.69) is 4.90 Å². The van der Waals surface area contributed by atoms with Gasteiger partial charge in [0.25, 0.3) is 5.56 Å². The third-order valence-electron chi connectivity index (χ3n) is 3.79. The molecule has 0 spiro atoms. The number of nitrogens with zero attached hydrogens (tertiary/aromatic N) is 2. The number of hydrogen-bond donors (Lipinski definition) is 1. The first-order valence-corrected chi connectivity index (χ1v) is 7.49. The third kappa shape index (κ3) is 4.74. The number of aromatic nitrogens is 1. The minimum Gasteiger partial charge on any atom is -0.378 e. The minimum absolute atomic E-state index is 0.0764. The predicted octanol–water partition coefficient (Wildman–Crippen LogP) is 0.678. The number of piperidine rings is 1. The molecule has 1 aromatic heterocycles. The number of ether oxygens (including phenoxy) is 1. The van der Waals surface area contributed by atoms with Crippen LogP contribution in [0, 0.1) is 0 Å². The third-order valence-corrected chi connectivity index (χ3v) is 3.79. The highest BCUT2D eigenvalue weighted by atomic mass is 16.5. The lowest BCUT2D eigenvalue weighted by atomic mass is 10.1. The van der Waals surface area contributed by atoms with Crippen LogP contribution in [0.15, 0.2) is 29.2 Å². The summed E-state index contributed by atoms with van der Waals surface area (Å²) in [4.78, 5) is 14.0. The van der Waals surface area contributed by atoms with Crippen molar-refractivity contribution >= 4 is 0 Å². The van der Waals surface area contributed by atoms with Gasteiger partial charge >= 0.3 is 0 Å². The van der Waals surface area contributed by atoms with E-state index >= 15 is 0 Å². The normalized spacial score (nSPS) is 17.4. The van der Waals surface area contributed by atoms with Crippen LogP contribution >= 0.6 is 0 Å². The van der Waals surface area contributed by atoms with Gasteiger partial charge < -0.3 is 19.9 Å². The van der Waals surface area contributed by atoms with Crippen LogP contribution in [0.5, 0.6) is 0 Å². The van der Waals surface area contributed by atoms with Crippen LogP contribution in [0.3, 0.4) is 0 Å². The fourth-order valence-corrected chi connectivity index (χ4v) is 2.53. The quantitative estimate of drug-likeness (QED) is 0.746. The molecule has 0 saturated carbocycles. The van der Waals surface area contributed by atoms with Gasteiger partial charge in [-0.25, -0.2) is 0 Å². The van der Waals surface area contributed by atoms with Gasteiger partial charge in [-0.2, -0.15) is 0 Å². The number of rotatable bonds is 7. The number of hydrogen-bond acceptors (Lipinski definition) is 4. The zero-order valence-electron chi connectivity index (χ0n) is 12.0. The van der Waals surface area contributed by atoms with Gasteiger partial charge in [-0.05, 0) is 31.9 Å². The Labute approximate surface area is 120 Å². The molecule has 0 bridgehead atoms. The lowest BCUT2D eigenvalue weighted by Crippen LogP contribution is -2.39. The molecule has 0 amide bonds. The van der Waals surface area contributed by atoms with E-state index in [4.69, 9.17) is 10.5 Å². The van der Waals surface area contributed by atoms with Crippen molar-refractivity contribution in [3.63, 3.8) is 0 Å². The van der Waals surface area contributed by atoms with Gasteiger partial charge in [0.05, 0.1) is 6.10 Å². The summed E-state index contributed by atoms with van der Waals surface area (Å²) in [6, 6.07) is 5.29. The van der Waals surface area contributed by atoms with Gasteiger partial charge in [0.2, 0.25) is 0 Å². The zero-order chi connectivity index (χ0) is 14.2. The molecule has 2 heterocycles. The minimum atomic E-state index is 0.0764. The summed E-state index contributed by atoms with van der Waals surface area (Å²) in [6.45, 7) is 5.27. The van der Waals surface area contributed by atoms with Crippen LogP contribution in [0.4, 0.5) is 0 Å². The lowest BCUT2D eigenvalue weighted by molar-refractivity contribution is 0.00667. The van der Waals surface area contributed by atoms with Gasteiger partial charge in [0.15, 0.2) is 0 Å². The Balaban J connectivity index is 1.67. The predicted molar refractivity (Wildman–Crippen MR) is 79.8 cm³/mol. The summed E-state index contributed by atoms with van der Waals surface area (Å²) in [5.74, 6) is 0. The first kappa shape index (κ1) is 15.2. The van der Waals surface area contributed by atoms with Crippen LogP contribution in [0.1, 0.15) is 19.3 Å². The van der Waals surface area contributed by atoms with Gasteiger partial charge in [-0.15, -0.1) is 0 Å². The lowest BCUT2D eigenvalue weighted by Gasteiger charge is -2.31. The van der Waals surface area contributed by atoms with E-state index in [1.54, 1.807) is 16.7 Å². The molecule has 1 aromatic rings. The maximum Gasteiger partial charge on any atom is 0.250 e. The number of pyridine rings is 1. The summed E-state index contributed by atoms with van der Waals surface area (Å²) in [5.41, 5.74) is 5.53. The SMILES string of the molecule is NCCCOC1CCN(CCn2ccccc2=O)CC1. The highest BCUT2D eigenvalue weighted by molar-refractivity contribution is 4.93. The van der Waals surface area contributed by atoms with Crippen molar-refractivity contribution in [3.8, 4) is 0 Å². The van der Waals surface area contributed by atoms with Crippen molar-refractivity contribution in [2.75, 3.05) is 32.8 Å². The van der Waals surface area contributed by atoms with E-state index in [1.807, 2.05) is 12.3 Å². The summed E-state index contributed by atoms with van der Waals surface area (Å²) in [7, 11) is 0. The second-order valence-corrected chi connectivity index (χ2v) is 5.29. The molecule has 1 aliphatic heterocycles. The summed E-state index contributed by atoms with van der Waals surface area (Å²) in [5, 5.41) is 0. The molecule has 0 radical (unpaired) electrons. The fourth-order valence-electron chi connectivity index (χ4n) is 2.53. The molecular formula is C15H25N3O2. The molecule has 1 fully saturated rings. The van der Waals surface area contributed by atoms with Crippen molar-refractivity contribution in [2.45, 2.75) is 31.9 Å². The molecule has 0 unspecified atom stereocenters. The Morgan fingerprint density at radius 3 is 2.75 bits per heavy atom. The fraction of sp³-hybridized carbons (Fsp3) is 0.667. The molecule has 2 rings (SSSR count). The molecule has 5 heteroatoms. The van der Waals surface area contributed by atoms with E-state index < -0.39 is 0 Å². The van der Waals surface area contributed by atoms with Crippen molar-refractivity contribution in [3.05, 3.63) is 34.7 Å². The van der Waals surface area contributed by atoms with Crippen molar-refractivity contribution in [1.29, 1.82) is 0 Å². The van der Waals surface area contributed by atoms with E-state index in [0.29, 0.717) is 12.6 Å². The average molecular weight is 279 g/mol. The maximum atomic E-state index is 11.6. The van der Waals surface area contributed by atoms with E-state index in [9.17, 15) is 4.79 Å². The van der Waals surface area contributed by atoms with Gasteiger partial charge in [0, 0.05) is 45.0 Å². The Hall–Kier alpha value is -1.17. The average Bonchev–Trinajstić information content (AvgIpc) is 2.48. The standard InChI is InChI=1S/C15H25N3O2/c16-7-3-13-20-14-5-9-17(10-6-14)11-12-18-8-2-1-4-15(18)19/h1-2,4,8,14H,3,5-7,9-13,16H2. The largest absolute Gasteiger partial charge is 0.378 e. The highest BCUT2D eigenvalue weighted by Gasteiger charge is 2.19. The number of nitrogens with two attached hydrogens (primary N) is 1. The summed E-state index contributed by atoms with van der Waals surface area (Å²) >= 11 is 0. The summed E-state index contributed by atoms with van der Waals surface area (Å²) in [6.07, 6.45) is 5.34. The zero-order valence-corrected chi connectivity index (χ0v) is 12.0. The molecule has 112 valence electrons. The van der Waals surface area contributed by atoms with Crippen LogP contribution in [0.25, 0.3) is 0 Å². The molecule has 0 aliphatic carbocycles. The molecule has 0 aromatic carbocycles. The van der Waals surface area contributed by atoms with E-state index in [-0.39, 0.29) is 5.56 Å². The molecule has 1 aliphatic rings. The monoisotopic (exact) mass is 279 g/mol. The van der Waals surface area contributed by atoms with Crippen molar-refractivity contribution in [1.82, 2.24) is 9.47 Å². The highest BCUT2D eigenvalue weighted by Crippen LogP contribution is 2.13. The molecular weight excluding hydrogens is 254 g/mol. The van der Waals surface area contributed by atoms with Gasteiger partial charge in [-0.1, -0.05) is 6.07 Å². The van der Waals surface area contributed by atoms with Crippen molar-refractivity contribution < 1.29 is 4.74 Å². The van der Waals surface area contributed by atoms with Crippen LogP contribution in [-0.4, -0.2) is 48.4 Å². The summed E-state index contributed by atoms with van der Waals surface area (Å²) < 4.78 is 7.56. The molecule has 5 nitrogen and oxygen atoms in total. The van der Waals surface area contributed by atoms with E-state index in [1.165, 1.54) is 0 Å². The molecule has 20 heavy (non-hydrogen) atoms. The smallest absolute Gasteiger partial charge is 0.250 e. The molecule has 1 saturated heterocycles. The maximum absolute atomic E-state index is 11.6. The first-order chi connectivity index (χ1) is 9.79. The van der Waals surface area contributed by atoms with Crippen LogP contribution in [-0.2, 0) is 11.3 Å². The Morgan fingerprint density at radius 1 is 1.25 bits per heavy atom. The van der Waals surface area contributed by atoms with Gasteiger partial charge in [-0.3, -0.25) is 4.79 Å².